The Morgan fingerprint density at radius 3 is 2.64 bits per heavy atom. The van der Waals surface area contributed by atoms with Crippen LogP contribution in [0.25, 0.3) is 28.6 Å². The highest BCUT2D eigenvalue weighted by Crippen LogP contribution is 2.27. The zero-order chi connectivity index (χ0) is 19.5. The molecule has 0 unspecified atom stereocenters. The number of nitrogens with one attached hydrogen (secondary N) is 1. The average molecular weight is 373 g/mol. The van der Waals surface area contributed by atoms with Crippen LogP contribution < -0.4 is 10.2 Å². The fourth-order valence-corrected chi connectivity index (χ4v) is 2.76. The Bertz CT molecular complexity index is 1120. The van der Waals surface area contributed by atoms with E-state index in [1.165, 1.54) is 6.08 Å². The standard InChI is InChI=1S/C22H19N3O3/c1-25(2)17-8-5-15(6-9-17)22-24-19-14-16(7-11-20(19)28-22)23-21(26)12-10-18-4-3-13-27-18/h3-14H,1-2H3,(H,23,26)/b12-10+. The van der Waals surface area contributed by atoms with Crippen LogP contribution in [0.1, 0.15) is 5.76 Å². The predicted molar refractivity (Wildman–Crippen MR) is 110 cm³/mol. The molecule has 0 aliphatic carbocycles. The first-order valence-corrected chi connectivity index (χ1v) is 8.79. The first-order chi connectivity index (χ1) is 13.6. The molecule has 0 atom stereocenters. The number of furan rings is 1. The Morgan fingerprint density at radius 2 is 1.93 bits per heavy atom. The maximum Gasteiger partial charge on any atom is 0.248 e. The number of hydrogen-bond donors (Lipinski definition) is 1. The van der Waals surface area contributed by atoms with Gasteiger partial charge >= 0.3 is 0 Å². The summed E-state index contributed by atoms with van der Waals surface area (Å²) < 4.78 is 11.0. The highest BCUT2D eigenvalue weighted by Gasteiger charge is 2.10. The van der Waals surface area contributed by atoms with Crippen molar-refractivity contribution in [2.75, 3.05) is 24.3 Å². The highest BCUT2D eigenvalue weighted by atomic mass is 16.3. The molecule has 6 heteroatoms. The molecule has 0 spiro atoms. The Kier molecular flexibility index (Phi) is 4.68. The second kappa shape index (κ2) is 7.44. The van der Waals surface area contributed by atoms with Gasteiger partial charge in [0.2, 0.25) is 11.8 Å². The Labute approximate surface area is 162 Å². The molecule has 140 valence electrons. The molecule has 2 aromatic carbocycles. The normalized spacial score (nSPS) is 11.2. The molecule has 4 aromatic rings. The molecule has 28 heavy (non-hydrogen) atoms. The Balaban J connectivity index is 1.52. The van der Waals surface area contributed by atoms with Crippen molar-refractivity contribution in [2.24, 2.45) is 0 Å². The van der Waals surface area contributed by atoms with Crippen molar-refractivity contribution >= 4 is 34.5 Å². The van der Waals surface area contributed by atoms with Crippen molar-refractivity contribution in [3.63, 3.8) is 0 Å². The number of benzene rings is 2. The van der Waals surface area contributed by atoms with Crippen LogP contribution >= 0.6 is 0 Å². The smallest absolute Gasteiger partial charge is 0.248 e. The summed E-state index contributed by atoms with van der Waals surface area (Å²) in [5.41, 5.74) is 3.99. The molecular weight excluding hydrogens is 354 g/mol. The van der Waals surface area contributed by atoms with Crippen molar-refractivity contribution in [1.29, 1.82) is 0 Å². The first-order valence-electron chi connectivity index (χ1n) is 8.79. The number of nitrogens with zero attached hydrogens (tertiary/aromatic N) is 2. The van der Waals surface area contributed by atoms with Crippen LogP contribution in [0.4, 0.5) is 11.4 Å². The second-order valence-electron chi connectivity index (χ2n) is 6.48. The number of oxazole rings is 1. The van der Waals surface area contributed by atoms with Crippen LogP contribution in [0, 0.1) is 0 Å². The Morgan fingerprint density at radius 1 is 1.11 bits per heavy atom. The summed E-state index contributed by atoms with van der Waals surface area (Å²) in [6.45, 7) is 0. The van der Waals surface area contributed by atoms with E-state index in [0.29, 0.717) is 28.4 Å². The molecule has 6 nitrogen and oxygen atoms in total. The SMILES string of the molecule is CN(C)c1ccc(-c2nc3cc(NC(=O)/C=C/c4ccco4)ccc3o2)cc1. The maximum atomic E-state index is 12.1. The summed E-state index contributed by atoms with van der Waals surface area (Å²) in [5, 5.41) is 2.81. The minimum Gasteiger partial charge on any atom is -0.465 e. The predicted octanol–water partition coefficient (Wildman–Crippen LogP) is 4.81. The molecule has 0 saturated carbocycles. The van der Waals surface area contributed by atoms with Gasteiger partial charge in [0.1, 0.15) is 11.3 Å². The van der Waals surface area contributed by atoms with E-state index in [0.717, 1.165) is 11.3 Å². The van der Waals surface area contributed by atoms with E-state index < -0.39 is 0 Å². The fraction of sp³-hybridized carbons (Fsp3) is 0.0909. The van der Waals surface area contributed by atoms with Gasteiger partial charge < -0.3 is 19.1 Å². The van der Waals surface area contributed by atoms with Gasteiger partial charge in [-0.05, 0) is 60.7 Å². The molecule has 0 bridgehead atoms. The number of amides is 1. The molecule has 0 fully saturated rings. The number of fused-ring (bicyclic) bond motifs is 1. The van der Waals surface area contributed by atoms with Crippen LogP contribution in [-0.2, 0) is 4.79 Å². The molecule has 2 heterocycles. The van der Waals surface area contributed by atoms with E-state index in [1.807, 2.05) is 43.3 Å². The average Bonchev–Trinajstić information content (AvgIpc) is 3.36. The zero-order valence-corrected chi connectivity index (χ0v) is 15.5. The third-order valence-corrected chi connectivity index (χ3v) is 4.23. The summed E-state index contributed by atoms with van der Waals surface area (Å²) >= 11 is 0. The lowest BCUT2D eigenvalue weighted by Gasteiger charge is -2.11. The summed E-state index contributed by atoms with van der Waals surface area (Å²) in [5.74, 6) is 0.910. The number of aromatic nitrogens is 1. The zero-order valence-electron chi connectivity index (χ0n) is 15.5. The van der Waals surface area contributed by atoms with Crippen LogP contribution in [-0.4, -0.2) is 25.0 Å². The van der Waals surface area contributed by atoms with E-state index in [-0.39, 0.29) is 5.91 Å². The second-order valence-corrected chi connectivity index (χ2v) is 6.48. The van der Waals surface area contributed by atoms with E-state index >= 15 is 0 Å². The lowest BCUT2D eigenvalue weighted by Crippen LogP contribution is -2.07. The molecule has 1 amide bonds. The lowest BCUT2D eigenvalue weighted by molar-refractivity contribution is -0.111. The van der Waals surface area contributed by atoms with Gasteiger partial charge in [0.05, 0.1) is 6.26 Å². The number of anilines is 2. The van der Waals surface area contributed by atoms with E-state index in [1.54, 1.807) is 42.7 Å². The van der Waals surface area contributed by atoms with Crippen molar-refractivity contribution < 1.29 is 13.6 Å². The van der Waals surface area contributed by atoms with E-state index in [9.17, 15) is 4.79 Å². The van der Waals surface area contributed by atoms with Crippen molar-refractivity contribution in [3.05, 3.63) is 72.7 Å². The van der Waals surface area contributed by atoms with Crippen LogP contribution in [0.5, 0.6) is 0 Å². The summed E-state index contributed by atoms with van der Waals surface area (Å²) in [6, 6.07) is 16.9. The number of hydrogen-bond acceptors (Lipinski definition) is 5. The topological polar surface area (TPSA) is 71.5 Å². The van der Waals surface area contributed by atoms with Gasteiger partial charge in [0.15, 0.2) is 5.58 Å². The van der Waals surface area contributed by atoms with Crippen molar-refractivity contribution in [2.45, 2.75) is 0 Å². The Hall–Kier alpha value is -3.80. The lowest BCUT2D eigenvalue weighted by atomic mass is 10.2. The van der Waals surface area contributed by atoms with Gasteiger partial charge in [-0.15, -0.1) is 0 Å². The van der Waals surface area contributed by atoms with Gasteiger partial charge in [-0.1, -0.05) is 0 Å². The minimum absolute atomic E-state index is 0.251. The maximum absolute atomic E-state index is 12.1. The third-order valence-electron chi connectivity index (χ3n) is 4.23. The van der Waals surface area contributed by atoms with Gasteiger partial charge in [-0.2, -0.15) is 0 Å². The molecule has 1 N–H and O–H groups in total. The van der Waals surface area contributed by atoms with Crippen LogP contribution in [0.3, 0.4) is 0 Å². The number of carbonyl (C=O) groups is 1. The molecule has 4 rings (SSSR count). The van der Waals surface area contributed by atoms with Gasteiger partial charge in [0, 0.05) is 37.1 Å². The van der Waals surface area contributed by atoms with Gasteiger partial charge in [-0.25, -0.2) is 4.98 Å². The molecule has 0 aliphatic heterocycles. The van der Waals surface area contributed by atoms with Crippen LogP contribution in [0.15, 0.2) is 75.8 Å². The molecular formula is C22H19N3O3. The molecule has 0 radical (unpaired) electrons. The van der Waals surface area contributed by atoms with Gasteiger partial charge in [0.25, 0.3) is 0 Å². The van der Waals surface area contributed by atoms with Gasteiger partial charge in [-0.3, -0.25) is 4.79 Å². The van der Waals surface area contributed by atoms with E-state index in [2.05, 4.69) is 10.3 Å². The summed E-state index contributed by atoms with van der Waals surface area (Å²) in [4.78, 5) is 18.7. The number of rotatable bonds is 5. The van der Waals surface area contributed by atoms with Crippen LogP contribution in [0.2, 0.25) is 0 Å². The largest absolute Gasteiger partial charge is 0.465 e. The van der Waals surface area contributed by atoms with Crippen molar-refractivity contribution in [3.8, 4) is 11.5 Å². The van der Waals surface area contributed by atoms with E-state index in [4.69, 9.17) is 8.83 Å². The monoisotopic (exact) mass is 373 g/mol. The number of carbonyl (C=O) groups excluding carboxylic acids is 1. The van der Waals surface area contributed by atoms with Crippen molar-refractivity contribution in [1.82, 2.24) is 4.98 Å². The molecule has 0 aliphatic rings. The fourth-order valence-electron chi connectivity index (χ4n) is 2.76. The first kappa shape index (κ1) is 17.6. The molecule has 2 aromatic heterocycles. The third kappa shape index (κ3) is 3.81. The minimum atomic E-state index is -0.251. The quantitative estimate of drug-likeness (QED) is 0.509. The highest BCUT2D eigenvalue weighted by molar-refractivity contribution is 6.02. The molecule has 0 saturated heterocycles. The summed E-state index contributed by atoms with van der Waals surface area (Å²) in [7, 11) is 3.99. The summed E-state index contributed by atoms with van der Waals surface area (Å²) in [6.07, 6.45) is 4.59.